The van der Waals surface area contributed by atoms with Gasteiger partial charge in [0.05, 0.1) is 31.3 Å². The summed E-state index contributed by atoms with van der Waals surface area (Å²) < 4.78 is 25.6. The van der Waals surface area contributed by atoms with Gasteiger partial charge in [-0.1, -0.05) is 35.1 Å². The van der Waals surface area contributed by atoms with E-state index in [0.717, 1.165) is 21.1 Å². The fraction of sp³-hybridized carbons (Fsp3) is 0.263. The predicted octanol–water partition coefficient (Wildman–Crippen LogP) is 4.07. The van der Waals surface area contributed by atoms with Gasteiger partial charge in [-0.05, 0) is 24.3 Å². The molecule has 3 aromatic rings. The predicted molar refractivity (Wildman–Crippen MR) is 103 cm³/mol. The van der Waals surface area contributed by atoms with Gasteiger partial charge < -0.3 is 14.4 Å². The van der Waals surface area contributed by atoms with Crippen molar-refractivity contribution >= 4 is 44.3 Å². The second-order valence-corrected chi connectivity index (χ2v) is 7.61. The Balaban J connectivity index is 1.36. The summed E-state index contributed by atoms with van der Waals surface area (Å²) in [6.07, 6.45) is -0.419. The third kappa shape index (κ3) is 3.57. The van der Waals surface area contributed by atoms with Crippen molar-refractivity contribution in [3.05, 3.63) is 52.8 Å². The molecule has 1 aliphatic rings. The Bertz CT molecular complexity index is 984. The summed E-state index contributed by atoms with van der Waals surface area (Å²) in [6.45, 7) is 1.11. The second kappa shape index (κ2) is 7.32. The van der Waals surface area contributed by atoms with Crippen LogP contribution in [0.2, 0.25) is 5.02 Å². The molecular weight excluding hydrogens is 391 g/mol. The summed E-state index contributed by atoms with van der Waals surface area (Å²) in [5.74, 6) is -0.254. The zero-order valence-electron chi connectivity index (χ0n) is 14.4. The summed E-state index contributed by atoms with van der Waals surface area (Å²) in [5, 5.41) is 1.09. The van der Waals surface area contributed by atoms with Gasteiger partial charge in [0.15, 0.2) is 5.13 Å². The summed E-state index contributed by atoms with van der Waals surface area (Å²) >= 11 is 7.52. The fourth-order valence-corrected chi connectivity index (χ4v) is 4.18. The highest BCUT2D eigenvalue weighted by molar-refractivity contribution is 7.22. The van der Waals surface area contributed by atoms with Crippen LogP contribution in [0.4, 0.5) is 9.52 Å². The van der Waals surface area contributed by atoms with Gasteiger partial charge in [0.1, 0.15) is 23.2 Å². The average Bonchev–Trinajstić information content (AvgIpc) is 3.04. The third-order valence-corrected chi connectivity index (χ3v) is 5.83. The summed E-state index contributed by atoms with van der Waals surface area (Å²) in [4.78, 5) is 18.8. The molecule has 0 radical (unpaired) electrons. The first kappa shape index (κ1) is 18.0. The van der Waals surface area contributed by atoms with E-state index in [-0.39, 0.29) is 23.1 Å². The number of anilines is 1. The van der Waals surface area contributed by atoms with E-state index in [2.05, 4.69) is 4.98 Å². The first-order chi connectivity index (χ1) is 13.0. The first-order valence-corrected chi connectivity index (χ1v) is 9.55. The Morgan fingerprint density at radius 1 is 1.33 bits per heavy atom. The molecule has 0 amide bonds. The lowest BCUT2D eigenvalue weighted by Crippen LogP contribution is -2.53. The van der Waals surface area contributed by atoms with E-state index in [9.17, 15) is 9.18 Å². The van der Waals surface area contributed by atoms with Crippen LogP contribution < -0.4 is 9.64 Å². The fourth-order valence-electron chi connectivity index (χ4n) is 2.95. The lowest BCUT2D eigenvalue weighted by molar-refractivity contribution is -0.149. The number of nitrogens with zero attached hydrogens (tertiary/aromatic N) is 2. The van der Waals surface area contributed by atoms with Crippen LogP contribution in [0.15, 0.2) is 36.4 Å². The molecule has 4 rings (SSSR count). The molecule has 0 atom stereocenters. The van der Waals surface area contributed by atoms with Gasteiger partial charge in [0.25, 0.3) is 0 Å². The minimum absolute atomic E-state index is 0.165. The van der Waals surface area contributed by atoms with Crippen LogP contribution in [0.5, 0.6) is 5.75 Å². The van der Waals surface area contributed by atoms with Gasteiger partial charge >= 0.3 is 5.97 Å². The maximum Gasteiger partial charge on any atom is 0.310 e. The Morgan fingerprint density at radius 3 is 2.85 bits per heavy atom. The molecule has 2 aromatic carbocycles. The van der Waals surface area contributed by atoms with Crippen LogP contribution in [-0.2, 0) is 16.0 Å². The number of hydrogen-bond acceptors (Lipinski definition) is 6. The SMILES string of the molecule is COc1cccc2sc(N3CC(OC(=O)Cc4c(F)cccc4Cl)C3)nc12. The molecule has 1 aromatic heterocycles. The van der Waals surface area contributed by atoms with Crippen LogP contribution in [0.1, 0.15) is 5.56 Å². The van der Waals surface area contributed by atoms with E-state index < -0.39 is 11.8 Å². The topological polar surface area (TPSA) is 51.7 Å². The molecule has 1 saturated heterocycles. The van der Waals surface area contributed by atoms with E-state index in [1.165, 1.54) is 12.1 Å². The van der Waals surface area contributed by atoms with Crippen molar-refractivity contribution in [3.63, 3.8) is 0 Å². The van der Waals surface area contributed by atoms with E-state index >= 15 is 0 Å². The van der Waals surface area contributed by atoms with Crippen molar-refractivity contribution in [2.24, 2.45) is 0 Å². The number of benzene rings is 2. The molecule has 2 heterocycles. The van der Waals surface area contributed by atoms with Crippen molar-refractivity contribution in [3.8, 4) is 5.75 Å². The van der Waals surface area contributed by atoms with Crippen molar-refractivity contribution in [2.45, 2.75) is 12.5 Å². The Hall–Kier alpha value is -2.38. The van der Waals surface area contributed by atoms with E-state index in [1.54, 1.807) is 24.5 Å². The van der Waals surface area contributed by atoms with Crippen LogP contribution in [-0.4, -0.2) is 37.3 Å². The molecule has 0 aliphatic carbocycles. The quantitative estimate of drug-likeness (QED) is 0.598. The highest BCUT2D eigenvalue weighted by Crippen LogP contribution is 2.36. The number of carbonyl (C=O) groups excluding carboxylic acids is 1. The number of hydrogen-bond donors (Lipinski definition) is 0. The van der Waals surface area contributed by atoms with Crippen LogP contribution in [0.3, 0.4) is 0 Å². The number of esters is 1. The number of aromatic nitrogens is 1. The molecule has 8 heteroatoms. The van der Waals surface area contributed by atoms with Gasteiger partial charge in [-0.3, -0.25) is 4.79 Å². The van der Waals surface area contributed by atoms with Crippen molar-refractivity contribution in [1.82, 2.24) is 4.98 Å². The number of para-hydroxylation sites is 1. The number of carbonyl (C=O) groups is 1. The Labute approximate surface area is 164 Å². The molecule has 27 heavy (non-hydrogen) atoms. The Morgan fingerprint density at radius 2 is 2.11 bits per heavy atom. The smallest absolute Gasteiger partial charge is 0.310 e. The van der Waals surface area contributed by atoms with Crippen LogP contribution in [0, 0.1) is 5.82 Å². The number of rotatable bonds is 5. The van der Waals surface area contributed by atoms with Gasteiger partial charge in [-0.2, -0.15) is 0 Å². The lowest BCUT2D eigenvalue weighted by atomic mass is 10.1. The number of fused-ring (bicyclic) bond motifs is 1. The van der Waals surface area contributed by atoms with Crippen LogP contribution in [0.25, 0.3) is 10.2 Å². The highest BCUT2D eigenvalue weighted by atomic mass is 35.5. The zero-order valence-corrected chi connectivity index (χ0v) is 16.0. The van der Waals surface area contributed by atoms with Crippen molar-refractivity contribution in [1.29, 1.82) is 0 Å². The minimum Gasteiger partial charge on any atom is -0.494 e. The lowest BCUT2D eigenvalue weighted by Gasteiger charge is -2.38. The summed E-state index contributed by atoms with van der Waals surface area (Å²) in [6, 6.07) is 10.1. The maximum atomic E-state index is 13.8. The van der Waals surface area contributed by atoms with E-state index in [0.29, 0.717) is 13.1 Å². The Kier molecular flexibility index (Phi) is 4.88. The highest BCUT2D eigenvalue weighted by Gasteiger charge is 2.32. The van der Waals surface area contributed by atoms with Gasteiger partial charge in [-0.15, -0.1) is 0 Å². The van der Waals surface area contributed by atoms with Gasteiger partial charge in [-0.25, -0.2) is 9.37 Å². The van der Waals surface area contributed by atoms with Crippen LogP contribution >= 0.6 is 22.9 Å². The zero-order chi connectivity index (χ0) is 19.0. The number of halogens is 2. The molecule has 1 fully saturated rings. The molecule has 0 saturated carbocycles. The van der Waals surface area contributed by atoms with Gasteiger partial charge in [0.2, 0.25) is 0 Å². The van der Waals surface area contributed by atoms with E-state index in [4.69, 9.17) is 21.1 Å². The van der Waals surface area contributed by atoms with Crippen molar-refractivity contribution < 1.29 is 18.7 Å². The average molecular weight is 407 g/mol. The molecule has 0 bridgehead atoms. The molecule has 0 spiro atoms. The number of methoxy groups -OCH3 is 1. The second-order valence-electron chi connectivity index (χ2n) is 6.20. The number of ether oxygens (including phenoxy) is 2. The standard InChI is InChI=1S/C19H16ClFN2O3S/c1-25-15-6-3-7-16-18(15)22-19(27-16)23-9-11(10-23)26-17(24)8-12-13(20)4-2-5-14(12)21/h2-7,11H,8-10H2,1H3. The normalized spacial score (nSPS) is 14.3. The summed E-state index contributed by atoms with van der Waals surface area (Å²) in [7, 11) is 1.62. The molecule has 0 unspecified atom stereocenters. The molecule has 140 valence electrons. The first-order valence-electron chi connectivity index (χ1n) is 8.36. The van der Waals surface area contributed by atoms with Gasteiger partial charge in [0, 0.05) is 10.6 Å². The molecule has 5 nitrogen and oxygen atoms in total. The van der Waals surface area contributed by atoms with E-state index in [1.807, 2.05) is 23.1 Å². The maximum absolute atomic E-state index is 13.8. The van der Waals surface area contributed by atoms with Crippen molar-refractivity contribution in [2.75, 3.05) is 25.1 Å². The monoisotopic (exact) mass is 406 g/mol. The minimum atomic E-state index is -0.502. The molecular formula is C19H16ClFN2O3S. The number of thiazole rings is 1. The third-order valence-electron chi connectivity index (χ3n) is 4.39. The molecule has 1 aliphatic heterocycles. The summed E-state index contributed by atoms with van der Waals surface area (Å²) in [5.41, 5.74) is 0.994. The largest absolute Gasteiger partial charge is 0.494 e. The molecule has 0 N–H and O–H groups in total.